The Morgan fingerprint density at radius 1 is 1.00 bits per heavy atom. The number of ether oxygens (including phenoxy) is 1. The van der Waals surface area contributed by atoms with Crippen LogP contribution in [-0.4, -0.2) is 79.1 Å². The maximum atomic E-state index is 13.7. The number of rotatable bonds is 6. The molecule has 1 aromatic heterocycles. The van der Waals surface area contributed by atoms with Crippen LogP contribution < -0.4 is 5.32 Å². The van der Waals surface area contributed by atoms with Crippen molar-refractivity contribution in [3.63, 3.8) is 0 Å². The molecular formula is C28H40N4O3. The van der Waals surface area contributed by atoms with Crippen molar-refractivity contribution in [2.75, 3.05) is 46.4 Å². The normalized spacial score (nSPS) is 22.4. The van der Waals surface area contributed by atoms with Crippen molar-refractivity contribution in [1.29, 1.82) is 0 Å². The smallest absolute Gasteiger partial charge is 0.252 e. The van der Waals surface area contributed by atoms with Crippen LogP contribution in [0.4, 0.5) is 0 Å². The molecule has 190 valence electrons. The molecule has 4 heterocycles. The fraction of sp³-hybridized carbons (Fsp3) is 0.643. The molecule has 0 unspecified atom stereocenters. The van der Waals surface area contributed by atoms with E-state index in [1.165, 1.54) is 25.9 Å². The number of hydrogen-bond donors (Lipinski definition) is 2. The highest BCUT2D eigenvalue weighted by atomic mass is 16.5. The van der Waals surface area contributed by atoms with Gasteiger partial charge in [0.25, 0.3) is 5.91 Å². The zero-order valence-electron chi connectivity index (χ0n) is 21.0. The number of carbonyl (C=O) groups is 2. The summed E-state index contributed by atoms with van der Waals surface area (Å²) in [6.07, 6.45) is 9.19. The predicted molar refractivity (Wildman–Crippen MR) is 137 cm³/mol. The Morgan fingerprint density at radius 3 is 2.40 bits per heavy atom. The lowest BCUT2D eigenvalue weighted by atomic mass is 9.78. The van der Waals surface area contributed by atoms with Gasteiger partial charge >= 0.3 is 0 Å². The Balaban J connectivity index is 1.23. The van der Waals surface area contributed by atoms with E-state index in [0.29, 0.717) is 17.9 Å². The molecule has 0 aliphatic carbocycles. The minimum Gasteiger partial charge on any atom is -0.381 e. The SMILES string of the molecule is CN1CCC(C2CCN(C(=O)[C@H](CC3CCOCC3)NC(=O)c3ccc4cc[nH]c4c3)CC2)CC1. The number of likely N-dealkylation sites (tertiary alicyclic amines) is 2. The molecule has 1 atom stereocenters. The van der Waals surface area contributed by atoms with Crippen LogP contribution in [0.1, 0.15) is 55.3 Å². The monoisotopic (exact) mass is 480 g/mol. The van der Waals surface area contributed by atoms with Crippen LogP contribution in [-0.2, 0) is 9.53 Å². The van der Waals surface area contributed by atoms with Crippen molar-refractivity contribution < 1.29 is 14.3 Å². The first-order valence-corrected chi connectivity index (χ1v) is 13.5. The second-order valence-corrected chi connectivity index (χ2v) is 10.9. The summed E-state index contributed by atoms with van der Waals surface area (Å²) in [6, 6.07) is 7.17. The lowest BCUT2D eigenvalue weighted by Gasteiger charge is -2.40. The first kappa shape index (κ1) is 24.3. The summed E-state index contributed by atoms with van der Waals surface area (Å²) in [6.45, 7) is 5.49. The van der Waals surface area contributed by atoms with Gasteiger partial charge in [-0.1, -0.05) is 6.07 Å². The average Bonchev–Trinajstić information content (AvgIpc) is 3.37. The number of piperidine rings is 2. The summed E-state index contributed by atoms with van der Waals surface area (Å²) in [4.78, 5) is 34.5. The van der Waals surface area contributed by atoms with E-state index in [-0.39, 0.29) is 11.8 Å². The second-order valence-electron chi connectivity index (χ2n) is 10.9. The standard InChI is InChI=1S/C28H40N4O3/c1-31-12-5-21(6-13-31)22-7-14-32(15-8-22)28(34)26(18-20-9-16-35-17-10-20)30-27(33)24-3-2-23-4-11-29-25(23)19-24/h2-4,11,19-22,26,29H,5-10,12-18H2,1H3,(H,30,33)/t26-/m0/s1. The number of aromatic nitrogens is 1. The summed E-state index contributed by atoms with van der Waals surface area (Å²) < 4.78 is 5.53. The van der Waals surface area contributed by atoms with E-state index in [4.69, 9.17) is 4.74 Å². The van der Waals surface area contributed by atoms with E-state index < -0.39 is 6.04 Å². The molecule has 0 radical (unpaired) electrons. The van der Waals surface area contributed by atoms with Crippen LogP contribution >= 0.6 is 0 Å². The maximum Gasteiger partial charge on any atom is 0.252 e. The van der Waals surface area contributed by atoms with E-state index in [1.807, 2.05) is 35.4 Å². The van der Waals surface area contributed by atoms with E-state index in [0.717, 1.165) is 74.7 Å². The molecule has 5 rings (SSSR count). The number of nitrogens with zero attached hydrogens (tertiary/aromatic N) is 2. The molecule has 3 aliphatic heterocycles. The first-order chi connectivity index (χ1) is 17.1. The maximum absolute atomic E-state index is 13.7. The highest BCUT2D eigenvalue weighted by molar-refractivity contribution is 6.00. The number of nitrogens with one attached hydrogen (secondary N) is 2. The molecule has 2 aromatic rings. The minimum absolute atomic E-state index is 0.0904. The number of amides is 2. The molecule has 35 heavy (non-hydrogen) atoms. The molecular weight excluding hydrogens is 440 g/mol. The third-order valence-corrected chi connectivity index (χ3v) is 8.61. The van der Waals surface area contributed by atoms with E-state index in [9.17, 15) is 9.59 Å². The predicted octanol–water partition coefficient (Wildman–Crippen LogP) is 3.66. The van der Waals surface area contributed by atoms with Crippen molar-refractivity contribution in [1.82, 2.24) is 20.1 Å². The molecule has 0 bridgehead atoms. The molecule has 0 saturated carbocycles. The van der Waals surface area contributed by atoms with Crippen LogP contribution in [0.2, 0.25) is 0 Å². The molecule has 2 N–H and O–H groups in total. The summed E-state index contributed by atoms with van der Waals surface area (Å²) in [5.74, 6) is 1.84. The Labute approximate surface area is 208 Å². The van der Waals surface area contributed by atoms with Crippen LogP contribution in [0.3, 0.4) is 0 Å². The average molecular weight is 481 g/mol. The minimum atomic E-state index is -0.482. The van der Waals surface area contributed by atoms with Crippen LogP contribution in [0, 0.1) is 17.8 Å². The van der Waals surface area contributed by atoms with Gasteiger partial charge in [-0.2, -0.15) is 0 Å². The van der Waals surface area contributed by atoms with Gasteiger partial charge in [0.1, 0.15) is 6.04 Å². The van der Waals surface area contributed by atoms with E-state index >= 15 is 0 Å². The number of aromatic amines is 1. The van der Waals surface area contributed by atoms with Crippen molar-refractivity contribution in [3.05, 3.63) is 36.0 Å². The molecule has 0 spiro atoms. The van der Waals surface area contributed by atoms with Crippen LogP contribution in [0.25, 0.3) is 10.9 Å². The number of benzene rings is 1. The third-order valence-electron chi connectivity index (χ3n) is 8.61. The molecule has 1 aromatic carbocycles. The number of carbonyl (C=O) groups excluding carboxylic acids is 2. The van der Waals surface area contributed by atoms with Gasteiger partial charge in [0.05, 0.1) is 0 Å². The van der Waals surface area contributed by atoms with Crippen molar-refractivity contribution >= 4 is 22.7 Å². The Hall–Kier alpha value is -2.38. The summed E-state index contributed by atoms with van der Waals surface area (Å²) in [5, 5.41) is 4.20. The third kappa shape index (κ3) is 5.89. The van der Waals surface area contributed by atoms with Gasteiger partial charge in [0.2, 0.25) is 5.91 Å². The molecule has 2 amide bonds. The van der Waals surface area contributed by atoms with Crippen LogP contribution in [0.5, 0.6) is 0 Å². The fourth-order valence-electron chi connectivity index (χ4n) is 6.28. The Bertz CT molecular complexity index is 999. The molecule has 3 aliphatic rings. The van der Waals surface area contributed by atoms with Crippen molar-refractivity contribution in [2.45, 2.75) is 51.0 Å². The van der Waals surface area contributed by atoms with Gasteiger partial charge in [-0.05, 0) is 106 Å². The number of hydrogen-bond acceptors (Lipinski definition) is 4. The molecule has 7 nitrogen and oxygen atoms in total. The quantitative estimate of drug-likeness (QED) is 0.662. The van der Waals surface area contributed by atoms with Gasteiger partial charge in [0.15, 0.2) is 0 Å². The summed E-state index contributed by atoms with van der Waals surface area (Å²) in [7, 11) is 2.21. The zero-order valence-corrected chi connectivity index (χ0v) is 21.0. The Kier molecular flexibility index (Phi) is 7.73. The lowest BCUT2D eigenvalue weighted by molar-refractivity contribution is -0.135. The highest BCUT2D eigenvalue weighted by Gasteiger charge is 2.34. The lowest BCUT2D eigenvalue weighted by Crippen LogP contribution is -2.52. The molecule has 3 saturated heterocycles. The van der Waals surface area contributed by atoms with Crippen molar-refractivity contribution in [3.8, 4) is 0 Å². The second kappa shape index (κ2) is 11.1. The summed E-state index contributed by atoms with van der Waals surface area (Å²) in [5.41, 5.74) is 1.52. The van der Waals surface area contributed by atoms with E-state index in [1.54, 1.807) is 0 Å². The van der Waals surface area contributed by atoms with Crippen molar-refractivity contribution in [2.24, 2.45) is 17.8 Å². The van der Waals surface area contributed by atoms with Gasteiger partial charge in [0, 0.05) is 43.6 Å². The topological polar surface area (TPSA) is 77.7 Å². The number of H-pyrrole nitrogens is 1. The number of fused-ring (bicyclic) bond motifs is 1. The summed E-state index contributed by atoms with van der Waals surface area (Å²) >= 11 is 0. The van der Waals surface area contributed by atoms with Gasteiger partial charge in [-0.25, -0.2) is 0 Å². The molecule has 3 fully saturated rings. The largest absolute Gasteiger partial charge is 0.381 e. The zero-order chi connectivity index (χ0) is 24.2. The molecule has 7 heteroatoms. The first-order valence-electron chi connectivity index (χ1n) is 13.5. The highest BCUT2D eigenvalue weighted by Crippen LogP contribution is 2.32. The van der Waals surface area contributed by atoms with Gasteiger partial charge in [-0.3, -0.25) is 9.59 Å². The van der Waals surface area contributed by atoms with E-state index in [2.05, 4.69) is 22.2 Å². The Morgan fingerprint density at radius 2 is 1.69 bits per heavy atom. The van der Waals surface area contributed by atoms with Gasteiger partial charge in [-0.15, -0.1) is 0 Å². The van der Waals surface area contributed by atoms with Gasteiger partial charge < -0.3 is 24.8 Å². The fourth-order valence-corrected chi connectivity index (χ4v) is 6.28. The van der Waals surface area contributed by atoms with Crippen LogP contribution in [0.15, 0.2) is 30.5 Å².